The first-order valence-electron chi connectivity index (χ1n) is 26.8. The fraction of sp³-hybridized carbons (Fsp3) is 0.286. The molecule has 0 saturated carbocycles. The molecular weight excluding hydrogens is 1140 g/mol. The molecule has 84 heavy (non-hydrogen) atoms. The minimum Gasteiger partial charge on any atom is -0.870 e. The Morgan fingerprint density at radius 1 is 0.452 bits per heavy atom. The number of rotatable bonds is 8. The van der Waals surface area contributed by atoms with Gasteiger partial charge in [0.2, 0.25) is 0 Å². The molecular formula is C63H70BrN12NaO7. The molecule has 0 radical (unpaired) electrons. The molecule has 21 heteroatoms. The first-order chi connectivity index (χ1) is 39.3. The molecule has 0 aliphatic carbocycles. The Hall–Kier alpha value is -7.37. The maximum Gasteiger partial charge on any atom is 1.00 e. The molecule has 432 valence electrons. The maximum atomic E-state index is 11.9. The van der Waals surface area contributed by atoms with Gasteiger partial charge in [0.05, 0.1) is 64.0 Å². The second-order valence-corrected chi connectivity index (χ2v) is 20.5. The van der Waals surface area contributed by atoms with Crippen molar-refractivity contribution in [3.63, 3.8) is 0 Å². The van der Waals surface area contributed by atoms with Gasteiger partial charge in [0.15, 0.2) is 11.6 Å². The normalized spacial score (nSPS) is 14.4. The third-order valence-electron chi connectivity index (χ3n) is 14.1. The summed E-state index contributed by atoms with van der Waals surface area (Å²) >= 11 is 3.44. The number of piperazine rings is 3. The van der Waals surface area contributed by atoms with Crippen molar-refractivity contribution in [1.29, 1.82) is 0 Å². The van der Waals surface area contributed by atoms with E-state index in [-0.39, 0.29) is 60.0 Å². The number of carboxylic acids is 1. The average molecular weight is 1210 g/mol. The smallest absolute Gasteiger partial charge is 0.870 e. The number of nitrogens with zero attached hydrogens (tertiary/aromatic N) is 11. The minimum atomic E-state index is -0.956. The van der Waals surface area contributed by atoms with Crippen molar-refractivity contribution in [2.75, 3.05) is 124 Å². The van der Waals surface area contributed by atoms with E-state index < -0.39 is 5.97 Å². The van der Waals surface area contributed by atoms with Crippen LogP contribution in [0.4, 0.5) is 11.6 Å². The van der Waals surface area contributed by atoms with Gasteiger partial charge in [-0.15, -0.1) is 0 Å². The van der Waals surface area contributed by atoms with E-state index >= 15 is 0 Å². The van der Waals surface area contributed by atoms with Crippen LogP contribution in [0.5, 0.6) is 0 Å². The number of anilines is 2. The number of likely N-dealkylation sites (N-methyl/N-ethyl adjacent to an activating group) is 3. The van der Waals surface area contributed by atoms with E-state index in [1.807, 2.05) is 84.9 Å². The zero-order valence-corrected chi connectivity index (χ0v) is 51.2. The molecule has 0 unspecified atom stereocenters. The number of carbonyl (C=O) groups excluding carboxylic acids is 2. The topological polar surface area (TPSA) is 225 Å². The summed E-state index contributed by atoms with van der Waals surface area (Å²) in [6.07, 6.45) is 0. The quantitative estimate of drug-likeness (QED) is 0.124. The van der Waals surface area contributed by atoms with Crippen LogP contribution in [0.15, 0.2) is 150 Å². The Bertz CT molecular complexity index is 3630. The van der Waals surface area contributed by atoms with E-state index in [1.54, 1.807) is 48.5 Å². The van der Waals surface area contributed by atoms with Crippen LogP contribution >= 0.6 is 15.9 Å². The summed E-state index contributed by atoms with van der Waals surface area (Å²) in [6.45, 7) is 12.2. The van der Waals surface area contributed by atoms with Crippen LogP contribution in [-0.4, -0.2) is 187 Å². The molecule has 12 rings (SSSR count). The van der Waals surface area contributed by atoms with Gasteiger partial charge >= 0.3 is 47.5 Å². The van der Waals surface area contributed by atoms with Gasteiger partial charge in [0.25, 0.3) is 0 Å². The molecule has 3 aliphatic heterocycles. The molecule has 3 N–H and O–H groups in total. The van der Waals surface area contributed by atoms with Crippen LogP contribution in [0.3, 0.4) is 0 Å². The summed E-state index contributed by atoms with van der Waals surface area (Å²) in [7, 11) is 9.13. The van der Waals surface area contributed by atoms with Gasteiger partial charge < -0.3 is 49.9 Å². The molecule has 0 spiro atoms. The zero-order valence-electron chi connectivity index (χ0n) is 47.6. The number of hydrogen-bond acceptors (Lipinski definition) is 18. The number of nitrogens with one attached hydrogen (secondary N) is 1. The second-order valence-electron chi connectivity index (χ2n) is 19.8. The molecule has 6 heterocycles. The Morgan fingerprint density at radius 2 is 0.786 bits per heavy atom. The van der Waals surface area contributed by atoms with Gasteiger partial charge in [-0.25, -0.2) is 44.3 Å². The van der Waals surface area contributed by atoms with Gasteiger partial charge in [-0.3, -0.25) is 0 Å². The number of aromatic carboxylic acids is 1. The van der Waals surface area contributed by atoms with Crippen LogP contribution in [-0.2, 0) is 9.47 Å². The maximum absolute atomic E-state index is 11.9. The number of fused-ring (bicyclic) bond motifs is 3. The zero-order chi connectivity index (χ0) is 56.8. The Morgan fingerprint density at radius 3 is 1.14 bits per heavy atom. The first kappa shape index (κ1) is 65.8. The number of carboxylic acid groups (broad SMARTS) is 1. The third-order valence-corrected chi connectivity index (χ3v) is 14.6. The predicted octanol–water partition coefficient (Wildman–Crippen LogP) is 6.41. The van der Waals surface area contributed by atoms with Gasteiger partial charge in [0.1, 0.15) is 21.7 Å². The molecule has 3 fully saturated rings. The number of ether oxygens (including phenoxy) is 2. The van der Waals surface area contributed by atoms with Crippen LogP contribution < -0.4 is 44.7 Å². The molecule has 3 aromatic heterocycles. The molecule has 19 nitrogen and oxygen atoms in total. The van der Waals surface area contributed by atoms with E-state index in [0.29, 0.717) is 37.8 Å². The van der Waals surface area contributed by atoms with Crippen molar-refractivity contribution in [2.24, 2.45) is 0 Å². The van der Waals surface area contributed by atoms with E-state index in [4.69, 9.17) is 29.4 Å². The number of carbonyl (C=O) groups is 3. The van der Waals surface area contributed by atoms with Crippen LogP contribution in [0.2, 0.25) is 0 Å². The van der Waals surface area contributed by atoms with Crippen molar-refractivity contribution >= 4 is 78.6 Å². The molecule has 0 amide bonds. The molecule has 0 atom stereocenters. The number of benzene rings is 6. The van der Waals surface area contributed by atoms with E-state index in [9.17, 15) is 19.5 Å². The summed E-state index contributed by atoms with van der Waals surface area (Å²) < 4.78 is 10.2. The second kappa shape index (κ2) is 31.5. The minimum absolute atomic E-state index is 0. The van der Waals surface area contributed by atoms with Gasteiger partial charge in [0, 0.05) is 95.2 Å². The fourth-order valence-electron chi connectivity index (χ4n) is 9.36. The number of methoxy groups -OCH3 is 2. The van der Waals surface area contributed by atoms with Crippen molar-refractivity contribution in [1.82, 2.24) is 49.9 Å². The largest absolute Gasteiger partial charge is 1.00 e. The van der Waals surface area contributed by atoms with Crippen LogP contribution in [0.25, 0.3) is 66.9 Å². The molecule has 3 aliphatic rings. The summed E-state index contributed by atoms with van der Waals surface area (Å²) in [4.78, 5) is 74.7. The SMILES string of the molecule is C.CN1CCN(c2nc3cc(C(=O)O)ccc3nc2-c2ccccc2)CC1.CN1CCNCC1.COC(=O)c1ccc2nc(-c3ccccc3)c(Br)nc2c1.COC(=O)c1ccc2nc(-c3ccccc3)c(N3CCN(C)CC3)nc2c1.[Na+].[OH-]. The fourth-order valence-corrected chi connectivity index (χ4v) is 9.87. The van der Waals surface area contributed by atoms with Crippen LogP contribution in [0.1, 0.15) is 38.5 Å². The van der Waals surface area contributed by atoms with Crippen molar-refractivity contribution in [3.8, 4) is 33.8 Å². The van der Waals surface area contributed by atoms with Crippen molar-refractivity contribution in [3.05, 3.63) is 167 Å². The monoisotopic (exact) mass is 1210 g/mol. The molecule has 0 bridgehead atoms. The first-order valence-corrected chi connectivity index (χ1v) is 27.6. The van der Waals surface area contributed by atoms with E-state index in [0.717, 1.165) is 122 Å². The number of esters is 2. The van der Waals surface area contributed by atoms with Crippen molar-refractivity contribution in [2.45, 2.75) is 7.43 Å². The summed E-state index contributed by atoms with van der Waals surface area (Å²) in [6, 6.07) is 45.3. The summed E-state index contributed by atoms with van der Waals surface area (Å²) in [5, 5.41) is 12.5. The van der Waals surface area contributed by atoms with E-state index in [2.05, 4.69) is 89.0 Å². The molecule has 6 aromatic carbocycles. The Kier molecular flexibility index (Phi) is 24.7. The predicted molar refractivity (Wildman–Crippen MR) is 331 cm³/mol. The van der Waals surface area contributed by atoms with Crippen LogP contribution in [0, 0.1) is 0 Å². The van der Waals surface area contributed by atoms with E-state index in [1.165, 1.54) is 27.3 Å². The number of hydrogen-bond donors (Lipinski definition) is 2. The van der Waals surface area contributed by atoms with Gasteiger partial charge in [-0.2, -0.15) is 0 Å². The molecule has 3 saturated heterocycles. The molecule has 9 aromatic rings. The van der Waals surface area contributed by atoms with Gasteiger partial charge in [-0.1, -0.05) is 98.4 Å². The average Bonchev–Trinajstić information content (AvgIpc) is 3.24. The Balaban J connectivity index is 0.000000188. The standard InChI is InChI=1S/C21H22N4O2.C20H20N4O2.C16H11BrN2O2.C5H12N2.CH4.Na.H2O/c1-24-10-12-25(13-11-24)20-19(15-6-4-3-5-7-15)22-17-9-8-16(21(26)27-2)14-18(17)23-20;1-23-9-11-24(12-10-23)19-18(14-5-3-2-4-6-14)21-16-8-7-15(20(25)26)13-17(16)22-19;1-21-16(20)11-7-8-12-13(9-11)19-15(17)14(18-12)10-5-3-2-4-6-10;1-7-4-2-6-3-5-7;;;/h3-9,14H,10-13H2,1-2H3;2-8,13H,9-12H2,1H3,(H,25,26);2-9H,1H3;6H,2-5H2,1H3;1H4;;1H2/q;;;;;+1;/p-1. The Labute approximate surface area is 520 Å². The summed E-state index contributed by atoms with van der Waals surface area (Å²) in [5.41, 5.74) is 10.8. The van der Waals surface area contributed by atoms with Gasteiger partial charge in [-0.05, 0) is 91.7 Å². The third kappa shape index (κ3) is 16.7. The van der Waals surface area contributed by atoms with Crippen molar-refractivity contribution < 1.29 is 64.0 Å². The number of aromatic nitrogens is 6. The summed E-state index contributed by atoms with van der Waals surface area (Å²) in [5.74, 6) is -0.0286. The number of halogens is 1.